The average molecular weight is 416 g/mol. The van der Waals surface area contributed by atoms with Gasteiger partial charge in [0, 0.05) is 42.8 Å². The molecule has 3 aromatic rings. The van der Waals surface area contributed by atoms with Gasteiger partial charge >= 0.3 is 6.18 Å². The SMILES string of the molecule is Cc1ccc(C(F)(F)F)cc1Nc1cc(-c2cccnc2)nc(NCCN(C)C)n1. The van der Waals surface area contributed by atoms with Crippen molar-refractivity contribution in [3.63, 3.8) is 0 Å². The van der Waals surface area contributed by atoms with E-state index in [4.69, 9.17) is 0 Å². The first-order valence-corrected chi connectivity index (χ1v) is 9.35. The van der Waals surface area contributed by atoms with E-state index in [2.05, 4.69) is 25.6 Å². The molecule has 0 spiro atoms. The van der Waals surface area contributed by atoms with Crippen LogP contribution in [0.15, 0.2) is 48.8 Å². The highest BCUT2D eigenvalue weighted by Crippen LogP contribution is 2.33. The van der Waals surface area contributed by atoms with E-state index in [9.17, 15) is 13.2 Å². The van der Waals surface area contributed by atoms with Crippen LogP contribution in [0.5, 0.6) is 0 Å². The molecule has 0 fully saturated rings. The second kappa shape index (κ2) is 9.08. The first-order valence-electron chi connectivity index (χ1n) is 9.35. The molecule has 0 aliphatic rings. The number of halogens is 3. The van der Waals surface area contributed by atoms with Crippen molar-refractivity contribution >= 4 is 17.5 Å². The van der Waals surface area contributed by atoms with Crippen molar-refractivity contribution in [1.82, 2.24) is 19.9 Å². The van der Waals surface area contributed by atoms with Crippen molar-refractivity contribution in [3.8, 4) is 11.3 Å². The van der Waals surface area contributed by atoms with Crippen molar-refractivity contribution in [2.24, 2.45) is 0 Å². The predicted molar refractivity (Wildman–Crippen MR) is 112 cm³/mol. The Morgan fingerprint density at radius 1 is 1.07 bits per heavy atom. The van der Waals surface area contributed by atoms with E-state index in [0.717, 1.165) is 24.2 Å². The maximum atomic E-state index is 13.1. The number of aromatic nitrogens is 3. The lowest BCUT2D eigenvalue weighted by Crippen LogP contribution is -2.21. The van der Waals surface area contributed by atoms with Gasteiger partial charge in [0.25, 0.3) is 0 Å². The molecule has 2 aromatic heterocycles. The number of likely N-dealkylation sites (N-methyl/N-ethyl adjacent to an activating group) is 1. The monoisotopic (exact) mass is 416 g/mol. The highest BCUT2D eigenvalue weighted by atomic mass is 19.4. The largest absolute Gasteiger partial charge is 0.416 e. The topological polar surface area (TPSA) is 66.0 Å². The number of benzene rings is 1. The van der Waals surface area contributed by atoms with Crippen LogP contribution in [-0.4, -0.2) is 47.0 Å². The molecule has 6 nitrogen and oxygen atoms in total. The molecule has 1 aromatic carbocycles. The Morgan fingerprint density at radius 2 is 1.87 bits per heavy atom. The van der Waals surface area contributed by atoms with Gasteiger partial charge in [-0.2, -0.15) is 18.2 Å². The van der Waals surface area contributed by atoms with Gasteiger partial charge in [-0.3, -0.25) is 4.98 Å². The van der Waals surface area contributed by atoms with Crippen LogP contribution >= 0.6 is 0 Å². The summed E-state index contributed by atoms with van der Waals surface area (Å²) in [5, 5.41) is 6.17. The molecular weight excluding hydrogens is 393 g/mol. The molecule has 0 bridgehead atoms. The van der Waals surface area contributed by atoms with Gasteiger partial charge in [-0.15, -0.1) is 0 Å². The minimum Gasteiger partial charge on any atom is -0.353 e. The Hall–Kier alpha value is -3.20. The molecule has 2 N–H and O–H groups in total. The van der Waals surface area contributed by atoms with Crippen molar-refractivity contribution in [3.05, 3.63) is 59.9 Å². The first kappa shape index (κ1) is 21.5. The summed E-state index contributed by atoms with van der Waals surface area (Å²) in [6.07, 6.45) is -1.09. The second-order valence-corrected chi connectivity index (χ2v) is 7.09. The molecule has 0 unspecified atom stereocenters. The molecule has 0 amide bonds. The lowest BCUT2D eigenvalue weighted by atomic mass is 10.1. The highest BCUT2D eigenvalue weighted by molar-refractivity contribution is 5.68. The number of alkyl halides is 3. The maximum absolute atomic E-state index is 13.1. The molecule has 0 saturated carbocycles. The summed E-state index contributed by atoms with van der Waals surface area (Å²) in [5.41, 5.74) is 1.67. The summed E-state index contributed by atoms with van der Waals surface area (Å²) in [5.74, 6) is 0.768. The van der Waals surface area contributed by atoms with E-state index in [1.54, 1.807) is 31.5 Å². The van der Waals surface area contributed by atoms with Gasteiger partial charge < -0.3 is 15.5 Å². The lowest BCUT2D eigenvalue weighted by Gasteiger charge is -2.15. The maximum Gasteiger partial charge on any atom is 0.416 e. The summed E-state index contributed by atoms with van der Waals surface area (Å²) in [4.78, 5) is 15.1. The van der Waals surface area contributed by atoms with Gasteiger partial charge in [-0.1, -0.05) is 6.07 Å². The molecule has 9 heteroatoms. The van der Waals surface area contributed by atoms with E-state index in [1.165, 1.54) is 6.07 Å². The van der Waals surface area contributed by atoms with Crippen LogP contribution in [0, 0.1) is 6.92 Å². The summed E-state index contributed by atoms with van der Waals surface area (Å²) in [6, 6.07) is 8.92. The summed E-state index contributed by atoms with van der Waals surface area (Å²) >= 11 is 0. The fourth-order valence-corrected chi connectivity index (χ4v) is 2.71. The van der Waals surface area contributed by atoms with Crippen molar-refractivity contribution < 1.29 is 13.2 Å². The number of rotatable bonds is 7. The molecular formula is C21H23F3N6. The second-order valence-electron chi connectivity index (χ2n) is 7.09. The number of anilines is 3. The van der Waals surface area contributed by atoms with Crippen LogP contribution < -0.4 is 10.6 Å². The number of aryl methyl sites for hydroxylation is 1. The van der Waals surface area contributed by atoms with Gasteiger partial charge in [-0.05, 0) is 50.8 Å². The smallest absolute Gasteiger partial charge is 0.353 e. The van der Waals surface area contributed by atoms with Crippen molar-refractivity contribution in [1.29, 1.82) is 0 Å². The Kier molecular flexibility index (Phi) is 6.51. The summed E-state index contributed by atoms with van der Waals surface area (Å²) < 4.78 is 39.4. The van der Waals surface area contributed by atoms with Crippen LogP contribution in [0.3, 0.4) is 0 Å². The highest BCUT2D eigenvalue weighted by Gasteiger charge is 2.30. The van der Waals surface area contributed by atoms with E-state index in [0.29, 0.717) is 35.3 Å². The van der Waals surface area contributed by atoms with Gasteiger partial charge in [0.2, 0.25) is 5.95 Å². The van der Waals surface area contributed by atoms with Crippen LogP contribution in [-0.2, 0) is 6.18 Å². The van der Waals surface area contributed by atoms with E-state index >= 15 is 0 Å². The minimum absolute atomic E-state index is 0.333. The Labute approximate surface area is 173 Å². The molecule has 0 aliphatic heterocycles. The Morgan fingerprint density at radius 3 is 2.53 bits per heavy atom. The predicted octanol–water partition coefficient (Wildman–Crippen LogP) is 4.58. The van der Waals surface area contributed by atoms with Gasteiger partial charge in [0.1, 0.15) is 5.82 Å². The van der Waals surface area contributed by atoms with Gasteiger partial charge in [-0.25, -0.2) is 4.98 Å². The van der Waals surface area contributed by atoms with E-state index in [1.807, 2.05) is 25.1 Å². The van der Waals surface area contributed by atoms with E-state index < -0.39 is 11.7 Å². The third-order valence-electron chi connectivity index (χ3n) is 4.35. The molecule has 0 aliphatic carbocycles. The molecule has 0 radical (unpaired) electrons. The molecule has 0 saturated heterocycles. The fraction of sp³-hybridized carbons (Fsp3) is 0.286. The minimum atomic E-state index is -4.42. The zero-order valence-corrected chi connectivity index (χ0v) is 17.0. The third-order valence-corrected chi connectivity index (χ3v) is 4.35. The van der Waals surface area contributed by atoms with Gasteiger partial charge in [0.05, 0.1) is 11.3 Å². The average Bonchev–Trinajstić information content (AvgIpc) is 2.69. The number of nitrogens with zero attached hydrogens (tertiary/aromatic N) is 4. The van der Waals surface area contributed by atoms with Crippen LogP contribution in [0.1, 0.15) is 11.1 Å². The Bertz CT molecular complexity index is 990. The van der Waals surface area contributed by atoms with Crippen LogP contribution in [0.25, 0.3) is 11.3 Å². The fourth-order valence-electron chi connectivity index (χ4n) is 2.71. The molecule has 158 valence electrons. The molecule has 2 heterocycles. The van der Waals surface area contributed by atoms with Crippen molar-refractivity contribution in [2.45, 2.75) is 13.1 Å². The van der Waals surface area contributed by atoms with Crippen LogP contribution in [0.2, 0.25) is 0 Å². The van der Waals surface area contributed by atoms with Crippen molar-refractivity contribution in [2.75, 3.05) is 37.8 Å². The molecule has 30 heavy (non-hydrogen) atoms. The first-order chi connectivity index (χ1) is 14.2. The number of hydrogen-bond acceptors (Lipinski definition) is 6. The van der Waals surface area contributed by atoms with Crippen LogP contribution in [0.4, 0.5) is 30.6 Å². The Balaban J connectivity index is 1.95. The standard InChI is InChI=1S/C21H23F3N6/c1-14-6-7-16(21(22,23)24)11-17(14)27-19-12-18(15-5-4-8-25-13-15)28-20(29-19)26-9-10-30(2)3/h4-8,11-13H,9-10H2,1-3H3,(H2,26,27,28,29). The third kappa shape index (κ3) is 5.66. The quantitative estimate of drug-likeness (QED) is 0.588. The van der Waals surface area contributed by atoms with Gasteiger partial charge in [0.15, 0.2) is 0 Å². The molecule has 3 rings (SSSR count). The number of pyridine rings is 1. The summed E-state index contributed by atoms with van der Waals surface area (Å²) in [6.45, 7) is 3.13. The van der Waals surface area contributed by atoms with E-state index in [-0.39, 0.29) is 0 Å². The number of nitrogens with one attached hydrogen (secondary N) is 2. The zero-order valence-electron chi connectivity index (χ0n) is 17.0. The molecule has 0 atom stereocenters. The normalized spacial score (nSPS) is 11.6. The zero-order chi connectivity index (χ0) is 21.7. The lowest BCUT2D eigenvalue weighted by molar-refractivity contribution is -0.137. The number of hydrogen-bond donors (Lipinski definition) is 2. The summed E-state index contributed by atoms with van der Waals surface area (Å²) in [7, 11) is 3.91.